The lowest BCUT2D eigenvalue weighted by atomic mass is 10.2. The van der Waals surface area contributed by atoms with E-state index in [0.29, 0.717) is 18.6 Å². The Morgan fingerprint density at radius 1 is 0.691 bits per heavy atom. The Hall–Kier alpha value is -3.59. The van der Waals surface area contributed by atoms with Gasteiger partial charge in [-0.15, -0.1) is 11.8 Å². The van der Waals surface area contributed by atoms with Crippen molar-refractivity contribution in [2.45, 2.75) is 102 Å². The van der Waals surface area contributed by atoms with Crippen LogP contribution in [0.1, 0.15) is 94.4 Å². The normalized spacial score (nSPS) is 15.3. The first kappa shape index (κ1) is 44.1. The minimum absolute atomic E-state index is 0.140. The zero-order valence-electron chi connectivity index (χ0n) is 32.5. The lowest BCUT2D eigenvalue weighted by Gasteiger charge is -2.15. The summed E-state index contributed by atoms with van der Waals surface area (Å²) < 4.78 is 12.8. The van der Waals surface area contributed by atoms with Crippen molar-refractivity contribution in [3.8, 4) is 0 Å². The average Bonchev–Trinajstić information content (AvgIpc) is 3.67. The second-order valence-corrected chi connectivity index (χ2v) is 15.1. The number of thioether (sulfide) groups is 1. The third kappa shape index (κ3) is 19.7. The maximum Gasteiger partial charge on any atom is 0.351 e. The van der Waals surface area contributed by atoms with Crippen LogP contribution in [0, 0.1) is 0 Å². The molecule has 2 unspecified atom stereocenters. The summed E-state index contributed by atoms with van der Waals surface area (Å²) in [6.07, 6.45) is 11.9. The molecule has 2 atom stereocenters. The fourth-order valence-corrected chi connectivity index (χ4v) is 7.12. The summed E-state index contributed by atoms with van der Waals surface area (Å²) in [7, 11) is 0. The largest absolute Gasteiger partial charge is 0.462 e. The second-order valence-electron chi connectivity index (χ2n) is 13.9. The van der Waals surface area contributed by atoms with Crippen LogP contribution in [-0.4, -0.2) is 78.5 Å². The summed E-state index contributed by atoms with van der Waals surface area (Å²) in [4.78, 5) is 41.5. The molecule has 0 bridgehead atoms. The molecule has 13 heteroatoms. The van der Waals surface area contributed by atoms with E-state index in [9.17, 15) is 14.4 Å². The number of hydrogen-bond donors (Lipinski definition) is 5. The molecule has 1 fully saturated rings. The van der Waals surface area contributed by atoms with Gasteiger partial charge < -0.3 is 36.1 Å². The lowest BCUT2D eigenvalue weighted by Crippen LogP contribution is -2.29. The van der Waals surface area contributed by atoms with E-state index >= 15 is 0 Å². The number of unbranched alkanes of at least 4 members (excludes halogenated alkanes) is 6. The van der Waals surface area contributed by atoms with Crippen molar-refractivity contribution in [2.75, 3.05) is 56.9 Å². The van der Waals surface area contributed by atoms with Crippen LogP contribution in [-0.2, 0) is 32.2 Å². The first-order chi connectivity index (χ1) is 27.1. The van der Waals surface area contributed by atoms with Crippen molar-refractivity contribution in [2.24, 2.45) is 0 Å². The van der Waals surface area contributed by atoms with Crippen LogP contribution < -0.4 is 32.3 Å². The average molecular weight is 778 g/mol. The van der Waals surface area contributed by atoms with Crippen LogP contribution in [0.3, 0.4) is 0 Å². The number of ether oxygens (including phenoxy) is 2. The molecule has 302 valence electrons. The van der Waals surface area contributed by atoms with Gasteiger partial charge in [0, 0.05) is 37.9 Å². The SMILES string of the molecule is O=C(CCCCCNCCCCNCc1ccccc1)Nc1ccn(C2CSC(COC(=O)CCCCCNCCCCNCc3ccccc3)O2)c(=O)n1. The quantitative estimate of drug-likeness (QED) is 0.0417. The molecule has 1 saturated heterocycles. The third-order valence-corrected chi connectivity index (χ3v) is 10.4. The standard InChI is InChI=1S/C42H63N7O5S/c50-38(21-9-3-11-24-43-26-13-15-28-45-31-35-17-5-1-6-18-35)47-37-23-30-49(42(52)48-37)39-34-55-41(54-39)33-53-40(51)22-10-4-12-25-44-27-14-16-29-46-32-36-19-7-2-8-20-36/h1-2,5-8,17-20,23,30,39,41,43-46H,3-4,9-16,21-22,24-29,31-34H2,(H,47,48,50,52). The van der Waals surface area contributed by atoms with Gasteiger partial charge in [0.05, 0.1) is 0 Å². The first-order valence-corrected chi connectivity index (χ1v) is 21.3. The number of esters is 1. The zero-order valence-corrected chi connectivity index (χ0v) is 33.3. The molecule has 1 aliphatic rings. The number of carbonyl (C=O) groups is 2. The molecule has 1 aliphatic heterocycles. The molecule has 12 nitrogen and oxygen atoms in total. The molecule has 1 aromatic heterocycles. The third-order valence-electron chi connectivity index (χ3n) is 9.27. The molecular formula is C42H63N7O5S. The Morgan fingerprint density at radius 3 is 1.78 bits per heavy atom. The van der Waals surface area contributed by atoms with E-state index in [1.54, 1.807) is 12.3 Å². The second kappa shape index (κ2) is 27.9. The maximum absolute atomic E-state index is 12.7. The van der Waals surface area contributed by atoms with Gasteiger partial charge in [0.1, 0.15) is 24.1 Å². The van der Waals surface area contributed by atoms with Gasteiger partial charge in [0.15, 0.2) is 0 Å². The number of nitrogens with one attached hydrogen (secondary N) is 5. The van der Waals surface area contributed by atoms with Gasteiger partial charge in [-0.2, -0.15) is 4.98 Å². The highest BCUT2D eigenvalue weighted by atomic mass is 32.2. The fourth-order valence-electron chi connectivity index (χ4n) is 6.13. The monoisotopic (exact) mass is 777 g/mol. The van der Waals surface area contributed by atoms with Crippen LogP contribution in [0.25, 0.3) is 0 Å². The Bertz CT molecular complexity index is 1530. The van der Waals surface area contributed by atoms with Gasteiger partial charge in [-0.25, -0.2) is 4.79 Å². The number of rotatable bonds is 30. The predicted octanol–water partition coefficient (Wildman–Crippen LogP) is 5.75. The van der Waals surface area contributed by atoms with E-state index in [0.717, 1.165) is 117 Å². The van der Waals surface area contributed by atoms with E-state index in [2.05, 4.69) is 80.1 Å². The van der Waals surface area contributed by atoms with Gasteiger partial charge in [-0.1, -0.05) is 73.5 Å². The topological polar surface area (TPSA) is 148 Å². The van der Waals surface area contributed by atoms with Crippen molar-refractivity contribution in [3.63, 3.8) is 0 Å². The minimum atomic E-state index is -0.513. The number of aromatic nitrogens is 2. The van der Waals surface area contributed by atoms with Gasteiger partial charge in [-0.3, -0.25) is 14.2 Å². The van der Waals surface area contributed by atoms with Crippen molar-refractivity contribution in [3.05, 3.63) is 94.5 Å². The minimum Gasteiger partial charge on any atom is -0.462 e. The van der Waals surface area contributed by atoms with Gasteiger partial charge in [0.2, 0.25) is 5.91 Å². The van der Waals surface area contributed by atoms with E-state index < -0.39 is 11.9 Å². The van der Waals surface area contributed by atoms with Crippen LogP contribution in [0.4, 0.5) is 5.82 Å². The Labute approximate surface area is 331 Å². The summed E-state index contributed by atoms with van der Waals surface area (Å²) in [6, 6.07) is 22.5. The summed E-state index contributed by atoms with van der Waals surface area (Å²) in [5.41, 5.74) is 1.78. The molecule has 2 heterocycles. The summed E-state index contributed by atoms with van der Waals surface area (Å²) >= 11 is 1.50. The van der Waals surface area contributed by atoms with Crippen molar-refractivity contribution in [1.82, 2.24) is 30.8 Å². The van der Waals surface area contributed by atoms with E-state index in [1.165, 1.54) is 27.5 Å². The van der Waals surface area contributed by atoms with Crippen LogP contribution in [0.2, 0.25) is 0 Å². The number of hydrogen-bond acceptors (Lipinski definition) is 11. The highest BCUT2D eigenvalue weighted by Crippen LogP contribution is 2.31. The highest BCUT2D eigenvalue weighted by Gasteiger charge is 2.29. The van der Waals surface area contributed by atoms with E-state index in [1.807, 2.05) is 12.1 Å². The van der Waals surface area contributed by atoms with Crippen LogP contribution in [0.15, 0.2) is 77.7 Å². The van der Waals surface area contributed by atoms with Crippen LogP contribution in [0.5, 0.6) is 0 Å². The number of anilines is 1. The number of carbonyl (C=O) groups excluding carboxylic acids is 2. The van der Waals surface area contributed by atoms with Gasteiger partial charge >= 0.3 is 11.7 Å². The lowest BCUT2D eigenvalue weighted by molar-refractivity contribution is -0.147. The number of benzene rings is 2. The zero-order chi connectivity index (χ0) is 38.6. The number of nitrogens with zero attached hydrogens (tertiary/aromatic N) is 2. The van der Waals surface area contributed by atoms with E-state index in [4.69, 9.17) is 9.47 Å². The molecule has 0 radical (unpaired) electrons. The predicted molar refractivity (Wildman–Crippen MR) is 222 cm³/mol. The summed E-state index contributed by atoms with van der Waals surface area (Å²) in [5, 5.41) is 16.7. The Balaban J connectivity index is 0.934. The molecule has 5 N–H and O–H groups in total. The van der Waals surface area contributed by atoms with Crippen molar-refractivity contribution >= 4 is 29.5 Å². The molecule has 1 amide bonds. The highest BCUT2D eigenvalue weighted by molar-refractivity contribution is 8.00. The molecule has 0 saturated carbocycles. The molecular weight excluding hydrogens is 715 g/mol. The van der Waals surface area contributed by atoms with Gasteiger partial charge in [-0.05, 0) is 108 Å². The van der Waals surface area contributed by atoms with Crippen LogP contribution >= 0.6 is 11.8 Å². The molecule has 0 aliphatic carbocycles. The smallest absolute Gasteiger partial charge is 0.351 e. The number of amides is 1. The fraction of sp³-hybridized carbons (Fsp3) is 0.571. The molecule has 0 spiro atoms. The summed E-state index contributed by atoms with van der Waals surface area (Å²) in [6.45, 7) is 7.89. The molecule has 3 aromatic rings. The first-order valence-electron chi connectivity index (χ1n) is 20.3. The van der Waals surface area contributed by atoms with Crippen molar-refractivity contribution < 1.29 is 19.1 Å². The van der Waals surface area contributed by atoms with Gasteiger partial charge in [0.25, 0.3) is 0 Å². The molecule has 55 heavy (non-hydrogen) atoms. The Kier molecular flexibility index (Phi) is 22.4. The van der Waals surface area contributed by atoms with E-state index in [-0.39, 0.29) is 29.7 Å². The maximum atomic E-state index is 12.7. The molecule has 2 aromatic carbocycles. The molecule has 4 rings (SSSR count). The Morgan fingerprint density at radius 2 is 1.22 bits per heavy atom. The summed E-state index contributed by atoms with van der Waals surface area (Å²) in [5.74, 6) is 0.392. The van der Waals surface area contributed by atoms with Crippen molar-refractivity contribution in [1.29, 1.82) is 0 Å².